The molecule has 1 aliphatic heterocycles. The average Bonchev–Trinajstić information content (AvgIpc) is 3.36. The molecular formula is C23H20N2O3. The van der Waals surface area contributed by atoms with Crippen LogP contribution in [-0.2, 0) is 9.59 Å². The molecule has 3 amide bonds. The lowest BCUT2D eigenvalue weighted by atomic mass is 9.85. The zero-order chi connectivity index (χ0) is 19.4. The summed E-state index contributed by atoms with van der Waals surface area (Å²) in [6.07, 6.45) is 5.08. The first-order chi connectivity index (χ1) is 13.5. The van der Waals surface area contributed by atoms with Gasteiger partial charge in [-0.1, -0.05) is 24.3 Å². The number of imide groups is 1. The van der Waals surface area contributed by atoms with Gasteiger partial charge >= 0.3 is 0 Å². The van der Waals surface area contributed by atoms with Crippen LogP contribution in [0.5, 0.6) is 0 Å². The Bertz CT molecular complexity index is 994. The molecule has 2 fully saturated rings. The molecule has 1 heterocycles. The number of rotatable bonds is 3. The Balaban J connectivity index is 1.35. The Hall–Kier alpha value is -3.21. The highest BCUT2D eigenvalue weighted by Gasteiger charge is 2.59. The van der Waals surface area contributed by atoms with Gasteiger partial charge in [0.25, 0.3) is 5.91 Å². The number of nitrogens with one attached hydrogen (secondary N) is 1. The molecule has 1 N–H and O–H groups in total. The van der Waals surface area contributed by atoms with Gasteiger partial charge in [-0.05, 0) is 67.1 Å². The number of hydrogen-bond acceptors (Lipinski definition) is 3. The lowest BCUT2D eigenvalue weighted by molar-refractivity contribution is -0.123. The lowest BCUT2D eigenvalue weighted by Crippen LogP contribution is -2.32. The van der Waals surface area contributed by atoms with E-state index in [0.717, 1.165) is 17.7 Å². The van der Waals surface area contributed by atoms with Gasteiger partial charge in [0, 0.05) is 11.3 Å². The van der Waals surface area contributed by atoms with Crippen LogP contribution in [0.2, 0.25) is 0 Å². The summed E-state index contributed by atoms with van der Waals surface area (Å²) in [7, 11) is 0. The number of amides is 3. The second-order valence-electron chi connectivity index (χ2n) is 7.88. The topological polar surface area (TPSA) is 66.5 Å². The summed E-state index contributed by atoms with van der Waals surface area (Å²) in [4.78, 5) is 39.5. The van der Waals surface area contributed by atoms with Crippen molar-refractivity contribution in [1.82, 2.24) is 0 Å². The van der Waals surface area contributed by atoms with Crippen molar-refractivity contribution in [2.75, 3.05) is 10.2 Å². The number of carbonyl (C=O) groups excluding carboxylic acids is 3. The van der Waals surface area contributed by atoms with Crippen molar-refractivity contribution in [2.24, 2.45) is 23.7 Å². The van der Waals surface area contributed by atoms with Crippen LogP contribution >= 0.6 is 0 Å². The van der Waals surface area contributed by atoms with Gasteiger partial charge in [-0.2, -0.15) is 0 Å². The molecule has 2 aromatic carbocycles. The minimum atomic E-state index is -0.227. The molecule has 3 aliphatic rings. The minimum Gasteiger partial charge on any atom is -0.322 e. The predicted molar refractivity (Wildman–Crippen MR) is 106 cm³/mol. The van der Waals surface area contributed by atoms with Crippen molar-refractivity contribution in [1.29, 1.82) is 0 Å². The smallest absolute Gasteiger partial charge is 0.255 e. The Morgan fingerprint density at radius 2 is 1.61 bits per heavy atom. The molecule has 4 atom stereocenters. The van der Waals surface area contributed by atoms with E-state index in [-0.39, 0.29) is 41.4 Å². The number of benzene rings is 2. The lowest BCUT2D eigenvalue weighted by Gasteiger charge is -2.17. The standard InChI is InChI=1S/C23H20N2O3/c1-13-3-2-4-17(11-13)24-21(26)14-7-9-18(10-8-14)25-22(27)19-15-5-6-16(12-15)20(19)23(25)28/h2-11,15-16,19-20H,12H2,1H3,(H,24,26)/t15-,16-,19-,20+/m1/s1. The first-order valence-corrected chi connectivity index (χ1v) is 9.57. The summed E-state index contributed by atoms with van der Waals surface area (Å²) in [5.74, 6) is -0.492. The van der Waals surface area contributed by atoms with Crippen LogP contribution in [-0.4, -0.2) is 17.7 Å². The van der Waals surface area contributed by atoms with Gasteiger partial charge in [0.15, 0.2) is 0 Å². The molecule has 1 saturated carbocycles. The van der Waals surface area contributed by atoms with Gasteiger partial charge in [-0.25, -0.2) is 0 Å². The van der Waals surface area contributed by atoms with E-state index in [1.807, 2.05) is 31.2 Å². The highest BCUT2D eigenvalue weighted by molar-refractivity contribution is 6.23. The van der Waals surface area contributed by atoms with Crippen LogP contribution in [0.15, 0.2) is 60.7 Å². The van der Waals surface area contributed by atoms with Gasteiger partial charge < -0.3 is 5.32 Å². The van der Waals surface area contributed by atoms with E-state index in [2.05, 4.69) is 17.5 Å². The summed E-state index contributed by atoms with van der Waals surface area (Å²) in [5.41, 5.74) is 2.81. The van der Waals surface area contributed by atoms with Crippen LogP contribution in [0.1, 0.15) is 22.3 Å². The number of anilines is 2. The van der Waals surface area contributed by atoms with E-state index < -0.39 is 0 Å². The van der Waals surface area contributed by atoms with E-state index in [1.54, 1.807) is 24.3 Å². The van der Waals surface area contributed by atoms with Crippen LogP contribution in [0.3, 0.4) is 0 Å². The Labute approximate surface area is 163 Å². The molecule has 0 spiro atoms. The Morgan fingerprint density at radius 1 is 0.964 bits per heavy atom. The third-order valence-corrected chi connectivity index (χ3v) is 6.13. The van der Waals surface area contributed by atoms with E-state index in [9.17, 15) is 14.4 Å². The average molecular weight is 372 g/mol. The molecule has 140 valence electrons. The molecule has 5 nitrogen and oxygen atoms in total. The van der Waals surface area contributed by atoms with Crippen molar-refractivity contribution in [3.05, 3.63) is 71.8 Å². The zero-order valence-electron chi connectivity index (χ0n) is 15.5. The van der Waals surface area contributed by atoms with Crippen LogP contribution in [0, 0.1) is 30.6 Å². The number of carbonyl (C=O) groups is 3. The molecule has 0 radical (unpaired) electrons. The quantitative estimate of drug-likeness (QED) is 0.662. The van der Waals surface area contributed by atoms with Crippen LogP contribution in [0.25, 0.3) is 0 Å². The van der Waals surface area contributed by atoms with Crippen LogP contribution in [0.4, 0.5) is 11.4 Å². The fourth-order valence-corrected chi connectivity index (χ4v) is 4.84. The molecule has 1 saturated heterocycles. The van der Waals surface area contributed by atoms with E-state index >= 15 is 0 Å². The molecule has 5 rings (SSSR count). The number of hydrogen-bond donors (Lipinski definition) is 1. The second kappa shape index (κ2) is 6.16. The number of nitrogens with zero attached hydrogens (tertiary/aromatic N) is 1. The van der Waals surface area contributed by atoms with E-state index in [4.69, 9.17) is 0 Å². The molecule has 2 aromatic rings. The monoisotopic (exact) mass is 372 g/mol. The summed E-state index contributed by atoms with van der Waals surface area (Å²) in [5, 5.41) is 2.86. The molecule has 28 heavy (non-hydrogen) atoms. The molecule has 2 bridgehead atoms. The maximum atomic E-state index is 12.9. The predicted octanol–water partition coefficient (Wildman–Crippen LogP) is 3.56. The van der Waals surface area contributed by atoms with Crippen molar-refractivity contribution in [3.8, 4) is 0 Å². The van der Waals surface area contributed by atoms with Crippen molar-refractivity contribution in [3.63, 3.8) is 0 Å². The minimum absolute atomic E-state index is 0.108. The maximum Gasteiger partial charge on any atom is 0.255 e. The van der Waals surface area contributed by atoms with Gasteiger partial charge in [0.2, 0.25) is 11.8 Å². The normalized spacial score (nSPS) is 27.4. The first-order valence-electron chi connectivity index (χ1n) is 9.57. The van der Waals surface area contributed by atoms with Crippen LogP contribution < -0.4 is 10.2 Å². The van der Waals surface area contributed by atoms with E-state index in [0.29, 0.717) is 11.3 Å². The number of fused-ring (bicyclic) bond motifs is 5. The molecule has 0 unspecified atom stereocenters. The molecule has 0 aromatic heterocycles. The van der Waals surface area contributed by atoms with Gasteiger partial charge in [0.05, 0.1) is 17.5 Å². The highest BCUT2D eigenvalue weighted by atomic mass is 16.2. The van der Waals surface area contributed by atoms with Crippen molar-refractivity contribution >= 4 is 29.1 Å². The fraction of sp³-hybridized carbons (Fsp3) is 0.261. The van der Waals surface area contributed by atoms with Gasteiger partial charge in [-0.15, -0.1) is 0 Å². The molecule has 2 aliphatic carbocycles. The summed E-state index contributed by atoms with van der Waals surface area (Å²) in [6, 6.07) is 14.2. The zero-order valence-corrected chi connectivity index (χ0v) is 15.5. The third kappa shape index (κ3) is 2.50. The SMILES string of the molecule is Cc1cccc(NC(=O)c2ccc(N3C(=O)[C@@H]4[C@H](C3=O)[C@@H]3C=C[C@@H]4C3)cc2)c1. The first kappa shape index (κ1) is 16.9. The summed E-state index contributed by atoms with van der Waals surface area (Å²) in [6.45, 7) is 1.96. The van der Waals surface area contributed by atoms with Gasteiger partial charge in [0.1, 0.15) is 0 Å². The third-order valence-electron chi connectivity index (χ3n) is 6.13. The number of aryl methyl sites for hydroxylation is 1. The van der Waals surface area contributed by atoms with Gasteiger partial charge in [-0.3, -0.25) is 19.3 Å². The Kier molecular flexibility index (Phi) is 3.72. The second-order valence-corrected chi connectivity index (χ2v) is 7.88. The van der Waals surface area contributed by atoms with Crippen molar-refractivity contribution < 1.29 is 14.4 Å². The largest absolute Gasteiger partial charge is 0.322 e. The molecule has 5 heteroatoms. The summed E-state index contributed by atoms with van der Waals surface area (Å²) >= 11 is 0. The summed E-state index contributed by atoms with van der Waals surface area (Å²) < 4.78 is 0. The van der Waals surface area contributed by atoms with E-state index in [1.165, 1.54) is 4.90 Å². The fourth-order valence-electron chi connectivity index (χ4n) is 4.84. The Morgan fingerprint density at radius 3 is 2.21 bits per heavy atom. The molecular weight excluding hydrogens is 352 g/mol. The maximum absolute atomic E-state index is 12.9. The number of allylic oxidation sites excluding steroid dienone is 2. The van der Waals surface area contributed by atoms with Crippen molar-refractivity contribution in [2.45, 2.75) is 13.3 Å². The highest BCUT2D eigenvalue weighted by Crippen LogP contribution is 2.53.